The van der Waals surface area contributed by atoms with Gasteiger partial charge in [0.05, 0.1) is 7.11 Å². The molecule has 0 saturated heterocycles. The average molecular weight is 596 g/mol. The highest BCUT2D eigenvalue weighted by molar-refractivity contribution is 6.05. The molecule has 0 radical (unpaired) electrons. The molecule has 10 nitrogen and oxygen atoms in total. The second kappa shape index (κ2) is 16.8. The van der Waals surface area contributed by atoms with E-state index in [1.165, 1.54) is 7.11 Å². The van der Waals surface area contributed by atoms with Crippen molar-refractivity contribution in [2.75, 3.05) is 26.1 Å². The van der Waals surface area contributed by atoms with E-state index in [4.69, 9.17) is 10.5 Å². The van der Waals surface area contributed by atoms with E-state index < -0.39 is 23.6 Å². The third-order valence-corrected chi connectivity index (χ3v) is 7.99. The number of carbonyl (C=O) groups is 2. The lowest BCUT2D eigenvalue weighted by Crippen LogP contribution is -2.30. The number of methoxy groups -OCH3 is 1. The van der Waals surface area contributed by atoms with E-state index in [-0.39, 0.29) is 55.8 Å². The predicted octanol–water partition coefficient (Wildman–Crippen LogP) is 3.70. The summed E-state index contributed by atoms with van der Waals surface area (Å²) in [4.78, 5) is 32.6. The van der Waals surface area contributed by atoms with Crippen LogP contribution in [0.25, 0.3) is 0 Å². The van der Waals surface area contributed by atoms with Crippen LogP contribution in [0, 0.1) is 11.8 Å². The minimum absolute atomic E-state index is 0.0575. The van der Waals surface area contributed by atoms with Gasteiger partial charge in [-0.15, -0.1) is 0 Å². The number of phenolic OH excluding ortho intramolecular Hbond substituents is 1. The van der Waals surface area contributed by atoms with Crippen LogP contribution in [0.4, 0.5) is 5.82 Å². The van der Waals surface area contributed by atoms with Gasteiger partial charge in [-0.05, 0) is 85.4 Å². The second-order valence-corrected chi connectivity index (χ2v) is 11.1. The molecule has 0 aliphatic rings. The minimum atomic E-state index is -1.70. The van der Waals surface area contributed by atoms with Crippen molar-refractivity contribution < 1.29 is 34.8 Å². The van der Waals surface area contributed by atoms with E-state index in [1.807, 2.05) is 19.1 Å². The lowest BCUT2D eigenvalue weighted by atomic mass is 9.78. The number of hydrogen-bond acceptors (Lipinski definition) is 9. The smallest absolute Gasteiger partial charge is 0.170 e. The maximum Gasteiger partial charge on any atom is 0.170 e. The standard InChI is InChI=1S/C33H45N3O7/c1-3-6-21(19-37)7-4-9-27(39)33(42)28(40)11-10-22-15-26(32(41)29(16-22)43-2)31(23-12-14-36-30(34)18-23)24(20-38)17-25-8-5-13-35-25/h5,8,12-16,18,21,24,31,33,35,37-38,41-42H,3-4,6-7,9-11,17,19-20H2,1-2H3,(H2,34,36). The van der Waals surface area contributed by atoms with Gasteiger partial charge in [-0.25, -0.2) is 4.98 Å². The molecule has 2 heterocycles. The van der Waals surface area contributed by atoms with Crippen LogP contribution in [0.5, 0.6) is 11.5 Å². The first-order chi connectivity index (χ1) is 20.7. The Morgan fingerprint density at radius 2 is 1.84 bits per heavy atom. The Morgan fingerprint density at radius 3 is 2.47 bits per heavy atom. The van der Waals surface area contributed by atoms with Gasteiger partial charge in [0.25, 0.3) is 0 Å². The number of phenols is 1. The Kier molecular flexibility index (Phi) is 13.2. The molecule has 0 saturated carbocycles. The van der Waals surface area contributed by atoms with E-state index in [1.54, 1.807) is 36.7 Å². The zero-order valence-corrected chi connectivity index (χ0v) is 25.0. The van der Waals surface area contributed by atoms with Crippen LogP contribution in [0.3, 0.4) is 0 Å². The summed E-state index contributed by atoms with van der Waals surface area (Å²) < 4.78 is 5.48. The van der Waals surface area contributed by atoms with E-state index >= 15 is 0 Å². The zero-order valence-electron chi connectivity index (χ0n) is 25.0. The molecule has 43 heavy (non-hydrogen) atoms. The summed E-state index contributed by atoms with van der Waals surface area (Å²) >= 11 is 0. The Hall–Kier alpha value is -3.73. The number of H-pyrrole nitrogens is 1. The van der Waals surface area contributed by atoms with Gasteiger partial charge >= 0.3 is 0 Å². The van der Waals surface area contributed by atoms with Crippen LogP contribution in [-0.2, 0) is 22.4 Å². The van der Waals surface area contributed by atoms with Gasteiger partial charge in [0.15, 0.2) is 29.2 Å². The van der Waals surface area contributed by atoms with Crippen LogP contribution >= 0.6 is 0 Å². The molecule has 1 aromatic carbocycles. The molecule has 4 atom stereocenters. The number of rotatable bonds is 19. The van der Waals surface area contributed by atoms with Gasteiger partial charge in [0.1, 0.15) is 5.82 Å². The van der Waals surface area contributed by atoms with E-state index in [9.17, 15) is 30.0 Å². The van der Waals surface area contributed by atoms with Crippen molar-refractivity contribution in [1.29, 1.82) is 0 Å². The largest absolute Gasteiger partial charge is 0.504 e. The van der Waals surface area contributed by atoms with Crippen molar-refractivity contribution in [3.63, 3.8) is 0 Å². The Labute approximate surface area is 252 Å². The van der Waals surface area contributed by atoms with E-state index in [2.05, 4.69) is 9.97 Å². The Balaban J connectivity index is 1.82. The van der Waals surface area contributed by atoms with Crippen molar-refractivity contribution >= 4 is 17.4 Å². The van der Waals surface area contributed by atoms with Crippen molar-refractivity contribution in [1.82, 2.24) is 9.97 Å². The first-order valence-corrected chi connectivity index (χ1v) is 14.9. The molecule has 0 aliphatic carbocycles. The number of aliphatic hydroxyl groups is 3. The fourth-order valence-electron chi connectivity index (χ4n) is 5.68. The summed E-state index contributed by atoms with van der Waals surface area (Å²) in [6, 6.07) is 10.7. The van der Waals surface area contributed by atoms with Gasteiger partial charge in [-0.3, -0.25) is 9.59 Å². The summed E-state index contributed by atoms with van der Waals surface area (Å²) in [5.74, 6) is -1.46. The molecule has 4 unspecified atom stereocenters. The van der Waals surface area contributed by atoms with Gasteiger partial charge < -0.3 is 35.9 Å². The Morgan fingerprint density at radius 1 is 1.07 bits per heavy atom. The van der Waals surface area contributed by atoms with Crippen LogP contribution in [0.2, 0.25) is 0 Å². The van der Waals surface area contributed by atoms with E-state index in [0.29, 0.717) is 36.2 Å². The van der Waals surface area contributed by atoms with Gasteiger partial charge in [-0.2, -0.15) is 0 Å². The number of pyridine rings is 1. The number of aromatic amines is 1. The number of hydrogen-bond donors (Lipinski definition) is 6. The molecule has 3 rings (SSSR count). The summed E-state index contributed by atoms with van der Waals surface area (Å²) in [5, 5.41) is 41.6. The van der Waals surface area contributed by atoms with Gasteiger partial charge in [-0.1, -0.05) is 19.4 Å². The number of benzene rings is 1. The quantitative estimate of drug-likeness (QED) is 0.113. The number of aromatic nitrogens is 2. The number of aromatic hydroxyl groups is 1. The number of carbonyl (C=O) groups excluding carboxylic acids is 2. The lowest BCUT2D eigenvalue weighted by Gasteiger charge is -2.28. The highest BCUT2D eigenvalue weighted by Crippen LogP contribution is 2.43. The molecular formula is C33H45N3O7. The van der Waals surface area contributed by atoms with Gasteiger partial charge in [0, 0.05) is 55.6 Å². The molecular weight excluding hydrogens is 550 g/mol. The maximum absolute atomic E-state index is 12.8. The summed E-state index contributed by atoms with van der Waals surface area (Å²) in [5.41, 5.74) is 8.81. The van der Waals surface area contributed by atoms with Crippen molar-refractivity contribution in [3.05, 3.63) is 71.2 Å². The van der Waals surface area contributed by atoms with Crippen LogP contribution in [0.15, 0.2) is 48.8 Å². The average Bonchev–Trinajstić information content (AvgIpc) is 3.52. The third-order valence-electron chi connectivity index (χ3n) is 7.99. The molecule has 0 aliphatic heterocycles. The molecule has 0 amide bonds. The second-order valence-electron chi connectivity index (χ2n) is 11.1. The van der Waals surface area contributed by atoms with Crippen LogP contribution < -0.4 is 10.5 Å². The number of nitrogens with one attached hydrogen (secondary N) is 1. The molecule has 7 N–H and O–H groups in total. The topological polar surface area (TPSA) is 179 Å². The SMILES string of the molecule is CCCC(CO)CCCC(=O)C(O)C(=O)CCc1cc(OC)c(O)c(C(c2ccnc(N)c2)C(CO)Cc2ccc[nH]2)c1. The summed E-state index contributed by atoms with van der Waals surface area (Å²) in [6.45, 7) is 1.90. The molecule has 0 spiro atoms. The first kappa shape index (κ1) is 33.8. The predicted molar refractivity (Wildman–Crippen MR) is 164 cm³/mol. The molecule has 3 aromatic rings. The number of nitrogens with zero attached hydrogens (tertiary/aromatic N) is 1. The van der Waals surface area contributed by atoms with Crippen molar-refractivity contribution in [2.45, 2.75) is 70.3 Å². The molecule has 2 aromatic heterocycles. The zero-order chi connectivity index (χ0) is 31.4. The molecule has 0 bridgehead atoms. The first-order valence-electron chi connectivity index (χ1n) is 14.9. The summed E-state index contributed by atoms with van der Waals surface area (Å²) in [6.07, 6.45) is 5.30. The highest BCUT2D eigenvalue weighted by Gasteiger charge is 2.30. The monoisotopic (exact) mass is 595 g/mol. The lowest BCUT2D eigenvalue weighted by molar-refractivity contribution is -0.138. The fraction of sp³-hybridized carbons (Fsp3) is 0.485. The Bertz CT molecular complexity index is 1310. The van der Waals surface area contributed by atoms with Crippen molar-refractivity contribution in [2.24, 2.45) is 11.8 Å². The summed E-state index contributed by atoms with van der Waals surface area (Å²) in [7, 11) is 1.43. The van der Waals surface area contributed by atoms with Crippen LogP contribution in [0.1, 0.15) is 73.8 Å². The highest BCUT2D eigenvalue weighted by atomic mass is 16.5. The fourth-order valence-corrected chi connectivity index (χ4v) is 5.68. The maximum atomic E-state index is 12.8. The van der Waals surface area contributed by atoms with E-state index in [0.717, 1.165) is 24.1 Å². The minimum Gasteiger partial charge on any atom is -0.504 e. The number of aliphatic hydroxyl groups excluding tert-OH is 3. The third kappa shape index (κ3) is 9.38. The van der Waals surface area contributed by atoms with Crippen molar-refractivity contribution in [3.8, 4) is 11.5 Å². The number of aryl methyl sites for hydroxylation is 1. The molecule has 234 valence electrons. The number of nitrogen functional groups attached to an aromatic ring is 1. The van der Waals surface area contributed by atoms with Crippen LogP contribution in [-0.4, -0.2) is 68.4 Å². The number of ether oxygens (including phenoxy) is 1. The number of Topliss-reactive ketones (excluding diaryl/α,β-unsaturated/α-hetero) is 2. The number of ketones is 2. The number of nitrogens with two attached hydrogens (primary N) is 1. The molecule has 0 fully saturated rings. The normalized spacial score (nSPS) is 14.2. The van der Waals surface area contributed by atoms with Gasteiger partial charge in [0.2, 0.25) is 0 Å². The number of anilines is 1. The molecule has 10 heteroatoms.